The van der Waals surface area contributed by atoms with E-state index in [2.05, 4.69) is 21.8 Å². The Morgan fingerprint density at radius 1 is 1.70 bits per heavy atom. The van der Waals surface area contributed by atoms with E-state index in [9.17, 15) is 0 Å². The second kappa shape index (κ2) is 3.82. The molecule has 0 bridgehead atoms. The first-order chi connectivity index (χ1) is 4.93. The molecule has 0 saturated carbocycles. The molecule has 1 aromatic rings. The molecule has 0 aliphatic rings. The zero-order chi connectivity index (χ0) is 7.23. The maximum Gasteiger partial charge on any atom is 0.137 e. The summed E-state index contributed by atoms with van der Waals surface area (Å²) in [4.78, 5) is 3.99. The van der Waals surface area contributed by atoms with Crippen molar-refractivity contribution in [1.29, 1.82) is 0 Å². The van der Waals surface area contributed by atoms with Crippen LogP contribution in [0.25, 0.3) is 0 Å². The van der Waals surface area contributed by atoms with Gasteiger partial charge in [-0.2, -0.15) is 5.10 Å². The topological polar surface area (TPSA) is 41.6 Å². The van der Waals surface area contributed by atoms with E-state index in [4.69, 9.17) is 0 Å². The van der Waals surface area contributed by atoms with Crippen LogP contribution >= 0.6 is 0 Å². The summed E-state index contributed by atoms with van der Waals surface area (Å²) in [5, 5.41) is 6.54. The smallest absolute Gasteiger partial charge is 0.137 e. The van der Waals surface area contributed by atoms with Crippen LogP contribution in [0.3, 0.4) is 0 Å². The number of hydrogen-bond donors (Lipinski definition) is 1. The molecule has 10 heavy (non-hydrogen) atoms. The number of H-pyrrole nitrogens is 1. The van der Waals surface area contributed by atoms with E-state index in [0.717, 1.165) is 25.1 Å². The molecule has 0 aliphatic heterocycles. The van der Waals surface area contributed by atoms with Crippen LogP contribution in [0.2, 0.25) is 0 Å². The molecule has 1 heterocycles. The van der Waals surface area contributed by atoms with Crippen molar-refractivity contribution in [3.63, 3.8) is 0 Å². The maximum absolute atomic E-state index is 3.99. The molecule has 54 valence electrons. The predicted molar refractivity (Wildman–Crippen MR) is 39.5 cm³/mol. The molecule has 0 fully saturated rings. The number of hydrogen-bond acceptors (Lipinski definition) is 2. The number of nitrogens with one attached hydrogen (secondary N) is 1. The molecule has 0 spiro atoms. The lowest BCUT2D eigenvalue weighted by Crippen LogP contribution is -1.86. The Kier molecular flexibility index (Phi) is 2.67. The second-order valence-corrected chi connectivity index (χ2v) is 2.11. The zero-order valence-electron chi connectivity index (χ0n) is 5.88. The van der Waals surface area contributed by atoms with Crippen LogP contribution in [0.4, 0.5) is 0 Å². The van der Waals surface area contributed by atoms with E-state index in [-0.39, 0.29) is 0 Å². The number of allylic oxidation sites excluding steroid dienone is 1. The third-order valence-electron chi connectivity index (χ3n) is 1.29. The first-order valence-electron chi connectivity index (χ1n) is 3.38. The summed E-state index contributed by atoms with van der Waals surface area (Å²) in [6.07, 6.45) is 6.55. The van der Waals surface area contributed by atoms with Gasteiger partial charge < -0.3 is 0 Å². The molecular formula is C7H11N3. The molecule has 0 unspecified atom stereocenters. The highest BCUT2D eigenvalue weighted by Gasteiger charge is 1.91. The molecule has 0 radical (unpaired) electrons. The van der Waals surface area contributed by atoms with E-state index >= 15 is 0 Å². The highest BCUT2D eigenvalue weighted by Crippen LogP contribution is 1.96. The van der Waals surface area contributed by atoms with E-state index < -0.39 is 0 Å². The highest BCUT2D eigenvalue weighted by atomic mass is 15.2. The molecule has 3 nitrogen and oxygen atoms in total. The zero-order valence-corrected chi connectivity index (χ0v) is 5.88. The Balaban J connectivity index is 2.21. The second-order valence-electron chi connectivity index (χ2n) is 2.11. The van der Waals surface area contributed by atoms with Crippen LogP contribution in [0.5, 0.6) is 0 Å². The molecule has 1 aromatic heterocycles. The van der Waals surface area contributed by atoms with E-state index in [1.165, 1.54) is 6.33 Å². The van der Waals surface area contributed by atoms with Crippen molar-refractivity contribution in [2.24, 2.45) is 0 Å². The van der Waals surface area contributed by atoms with Gasteiger partial charge in [-0.15, -0.1) is 6.58 Å². The van der Waals surface area contributed by atoms with E-state index in [1.807, 2.05) is 6.08 Å². The van der Waals surface area contributed by atoms with Gasteiger partial charge in [0.2, 0.25) is 0 Å². The summed E-state index contributed by atoms with van der Waals surface area (Å²) in [5.74, 6) is 0.960. The fourth-order valence-electron chi connectivity index (χ4n) is 0.765. The van der Waals surface area contributed by atoms with Gasteiger partial charge in [-0.1, -0.05) is 6.08 Å². The number of unbranched alkanes of at least 4 members (excludes halogenated alkanes) is 1. The lowest BCUT2D eigenvalue weighted by atomic mass is 10.2. The molecule has 1 rings (SSSR count). The van der Waals surface area contributed by atoms with E-state index in [1.54, 1.807) is 0 Å². The van der Waals surface area contributed by atoms with Gasteiger partial charge in [-0.25, -0.2) is 4.98 Å². The summed E-state index contributed by atoms with van der Waals surface area (Å²) in [7, 11) is 0. The fourth-order valence-corrected chi connectivity index (χ4v) is 0.765. The SMILES string of the molecule is C=CCCCc1ncn[nH]1. The molecule has 0 amide bonds. The average molecular weight is 137 g/mol. The molecule has 0 atom stereocenters. The third-order valence-corrected chi connectivity index (χ3v) is 1.29. The van der Waals surface area contributed by atoms with Crippen molar-refractivity contribution in [2.45, 2.75) is 19.3 Å². The van der Waals surface area contributed by atoms with Gasteiger partial charge >= 0.3 is 0 Å². The maximum atomic E-state index is 3.99. The number of nitrogens with zero attached hydrogens (tertiary/aromatic N) is 2. The highest BCUT2D eigenvalue weighted by molar-refractivity contribution is 4.80. The largest absolute Gasteiger partial charge is 0.263 e. The summed E-state index contributed by atoms with van der Waals surface area (Å²) in [5.41, 5.74) is 0. The van der Waals surface area contributed by atoms with Crippen LogP contribution in [0, 0.1) is 0 Å². The number of aromatic amines is 1. The van der Waals surface area contributed by atoms with Crippen LogP contribution in [-0.2, 0) is 6.42 Å². The van der Waals surface area contributed by atoms with Gasteiger partial charge in [-0.05, 0) is 12.8 Å². The summed E-state index contributed by atoms with van der Waals surface area (Å²) < 4.78 is 0. The molecule has 0 saturated heterocycles. The van der Waals surface area contributed by atoms with Crippen molar-refractivity contribution < 1.29 is 0 Å². The predicted octanol–water partition coefficient (Wildman–Crippen LogP) is 1.31. The van der Waals surface area contributed by atoms with Gasteiger partial charge in [0.15, 0.2) is 0 Å². The first-order valence-corrected chi connectivity index (χ1v) is 3.38. The van der Waals surface area contributed by atoms with Crippen molar-refractivity contribution in [2.75, 3.05) is 0 Å². The lowest BCUT2D eigenvalue weighted by Gasteiger charge is -1.90. The van der Waals surface area contributed by atoms with Gasteiger partial charge in [0, 0.05) is 6.42 Å². The third kappa shape index (κ3) is 2.01. The van der Waals surface area contributed by atoms with Gasteiger partial charge in [0.1, 0.15) is 12.2 Å². The van der Waals surface area contributed by atoms with Crippen LogP contribution < -0.4 is 0 Å². The van der Waals surface area contributed by atoms with Crippen molar-refractivity contribution in [3.05, 3.63) is 24.8 Å². The van der Waals surface area contributed by atoms with Crippen molar-refractivity contribution in [1.82, 2.24) is 15.2 Å². The average Bonchev–Trinajstić information content (AvgIpc) is 2.41. The van der Waals surface area contributed by atoms with E-state index in [0.29, 0.717) is 0 Å². The van der Waals surface area contributed by atoms with Crippen molar-refractivity contribution >= 4 is 0 Å². The van der Waals surface area contributed by atoms with Crippen LogP contribution in [0.1, 0.15) is 18.7 Å². The van der Waals surface area contributed by atoms with Crippen LogP contribution in [0.15, 0.2) is 19.0 Å². The quantitative estimate of drug-likeness (QED) is 0.502. The van der Waals surface area contributed by atoms with Gasteiger partial charge in [0.05, 0.1) is 0 Å². The number of aryl methyl sites for hydroxylation is 1. The van der Waals surface area contributed by atoms with Crippen LogP contribution in [-0.4, -0.2) is 15.2 Å². The summed E-state index contributed by atoms with van der Waals surface area (Å²) in [6, 6.07) is 0. The Morgan fingerprint density at radius 2 is 2.60 bits per heavy atom. The standard InChI is InChI=1S/C7H11N3/c1-2-3-4-5-7-8-6-9-10-7/h2,6H,1,3-5H2,(H,8,9,10). The lowest BCUT2D eigenvalue weighted by molar-refractivity contribution is 0.791. The van der Waals surface area contributed by atoms with Gasteiger partial charge in [0.25, 0.3) is 0 Å². The van der Waals surface area contributed by atoms with Crippen molar-refractivity contribution in [3.8, 4) is 0 Å². The first kappa shape index (κ1) is 6.99. The Morgan fingerprint density at radius 3 is 3.20 bits per heavy atom. The Bertz CT molecular complexity index is 179. The summed E-state index contributed by atoms with van der Waals surface area (Å²) >= 11 is 0. The Hall–Kier alpha value is -1.12. The van der Waals surface area contributed by atoms with Gasteiger partial charge in [-0.3, -0.25) is 5.10 Å². The summed E-state index contributed by atoms with van der Waals surface area (Å²) in [6.45, 7) is 3.63. The number of aromatic nitrogens is 3. The monoisotopic (exact) mass is 137 g/mol. The molecule has 1 N–H and O–H groups in total. The molecule has 0 aromatic carbocycles. The minimum Gasteiger partial charge on any atom is -0.263 e. The fraction of sp³-hybridized carbons (Fsp3) is 0.429. The molecular weight excluding hydrogens is 126 g/mol. The minimum atomic E-state index is 0.960. The minimum absolute atomic E-state index is 0.960. The Labute approximate surface area is 60.2 Å². The molecule has 3 heteroatoms. The molecule has 0 aliphatic carbocycles. The normalized spacial score (nSPS) is 9.60. The number of rotatable bonds is 4.